The quantitative estimate of drug-likeness (QED) is 0.0237. The predicted molar refractivity (Wildman–Crippen MR) is 283 cm³/mol. The molecule has 1 aliphatic rings. The van der Waals surface area contributed by atoms with Crippen LogP contribution >= 0.6 is 0 Å². The molecule has 0 bridgehead atoms. The van der Waals surface area contributed by atoms with E-state index in [2.05, 4.69) is 31.7 Å². The van der Waals surface area contributed by atoms with Crippen LogP contribution in [0, 0.1) is 0 Å². The molecule has 0 radical (unpaired) electrons. The van der Waals surface area contributed by atoms with E-state index in [-0.39, 0.29) is 106 Å². The van der Waals surface area contributed by atoms with E-state index < -0.39 is 105 Å². The molecule has 438 valence electrons. The minimum Gasteiger partial charge on any atom is -0.726 e. The molecule has 1 fully saturated rings. The van der Waals surface area contributed by atoms with E-state index in [1.54, 1.807) is 36.4 Å². The zero-order valence-electron chi connectivity index (χ0n) is 47.8. The van der Waals surface area contributed by atoms with Gasteiger partial charge in [0.15, 0.2) is 12.4 Å². The largest absolute Gasteiger partial charge is 1.00 e. The predicted octanol–water partition coefficient (Wildman–Crippen LogP) is 0.582. The maximum absolute atomic E-state index is 13.9. The van der Waals surface area contributed by atoms with Crippen LogP contribution < -0.4 is 94.0 Å². The molecule has 3 rings (SSSR count). The minimum absolute atomic E-state index is 0. The molecule has 0 aliphatic carbocycles. The number of ether oxygens (including phenoxy) is 4. The Morgan fingerprint density at radius 1 is 0.562 bits per heavy atom. The van der Waals surface area contributed by atoms with E-state index in [1.807, 2.05) is 0 Å². The van der Waals surface area contributed by atoms with Gasteiger partial charge in [-0.05, 0) is 49.6 Å². The van der Waals surface area contributed by atoms with Crippen molar-refractivity contribution in [3.05, 3.63) is 83.9 Å². The monoisotopic (exact) mass is 1210 g/mol. The van der Waals surface area contributed by atoms with Crippen molar-refractivity contribution >= 4 is 49.0 Å². The number of carbonyl (C=O) groups excluding carboxylic acids is 3. The topological polar surface area (TPSA) is 299 Å². The number of unbranched alkanes of at least 4 members (excludes halogenated alkanes) is 23. The Balaban J connectivity index is 0.0000208. The Morgan fingerprint density at radius 3 is 1.44 bits per heavy atom. The number of rotatable bonds is 43. The summed E-state index contributed by atoms with van der Waals surface area (Å²) in [4.78, 5) is 41.2. The first-order chi connectivity index (χ1) is 36.8. The van der Waals surface area contributed by atoms with Crippen molar-refractivity contribution in [1.82, 2.24) is 5.32 Å². The van der Waals surface area contributed by atoms with Crippen molar-refractivity contribution in [1.29, 1.82) is 0 Å². The Bertz CT molecular complexity index is 2340. The molecule has 1 N–H and O–H groups in total. The van der Waals surface area contributed by atoms with Gasteiger partial charge in [0.25, 0.3) is 0 Å². The molecule has 0 saturated carbocycles. The van der Waals surface area contributed by atoms with Crippen molar-refractivity contribution in [3.8, 4) is 0 Å². The molecule has 2 aromatic carbocycles. The average molecular weight is 1210 g/mol. The fraction of sp³-hybridized carbons (Fsp3) is 0.685. The summed E-state index contributed by atoms with van der Waals surface area (Å²) in [5.41, 5.74) is -0.0204. The van der Waals surface area contributed by atoms with Crippen LogP contribution in [0.4, 0.5) is 0 Å². The van der Waals surface area contributed by atoms with E-state index in [0.29, 0.717) is 12.8 Å². The normalized spacial score (nSPS) is 18.2. The van der Waals surface area contributed by atoms with Crippen LogP contribution in [0.1, 0.15) is 202 Å². The van der Waals surface area contributed by atoms with Crippen LogP contribution in [0.2, 0.25) is 0 Å². The smallest absolute Gasteiger partial charge is 0.726 e. The van der Waals surface area contributed by atoms with Crippen LogP contribution in [0.5, 0.6) is 0 Å². The van der Waals surface area contributed by atoms with Gasteiger partial charge in [0.1, 0.15) is 24.4 Å². The molecule has 1 amide bonds. The number of amides is 1. The van der Waals surface area contributed by atoms with Crippen molar-refractivity contribution in [3.63, 3.8) is 0 Å². The Labute approximate surface area is 543 Å². The molecule has 26 heteroatoms. The molecule has 1 saturated heterocycles. The third kappa shape index (κ3) is 36.8. The first kappa shape index (κ1) is 79.1. The molecule has 0 spiro atoms. The molecule has 7 atom stereocenters. The van der Waals surface area contributed by atoms with Gasteiger partial charge < -0.3 is 37.9 Å². The number of esters is 2. The van der Waals surface area contributed by atoms with E-state index in [0.717, 1.165) is 64.2 Å². The van der Waals surface area contributed by atoms with Crippen LogP contribution in [0.25, 0.3) is 0 Å². The van der Waals surface area contributed by atoms with E-state index >= 15 is 0 Å². The second kappa shape index (κ2) is 45.4. The maximum Gasteiger partial charge on any atom is 1.00 e. The van der Waals surface area contributed by atoms with Crippen molar-refractivity contribution in [2.45, 2.75) is 224 Å². The number of benzene rings is 2. The number of carbonyl (C=O) groups is 3. The summed E-state index contributed by atoms with van der Waals surface area (Å²) in [5.74, 6) is -2.54. The fourth-order valence-electron chi connectivity index (χ4n) is 8.86. The van der Waals surface area contributed by atoms with Gasteiger partial charge in [-0.15, -0.1) is 0 Å². The van der Waals surface area contributed by atoms with E-state index in [9.17, 15) is 53.3 Å². The zero-order chi connectivity index (χ0) is 56.4. The van der Waals surface area contributed by atoms with Crippen molar-refractivity contribution in [2.75, 3.05) is 13.2 Å². The van der Waals surface area contributed by atoms with Gasteiger partial charge >= 0.3 is 101 Å². The van der Waals surface area contributed by atoms with E-state index in [4.69, 9.17) is 18.9 Å². The number of allylic oxidation sites excluding steroid dienone is 1. The van der Waals surface area contributed by atoms with Gasteiger partial charge in [-0.2, -0.15) is 0 Å². The summed E-state index contributed by atoms with van der Waals surface area (Å²) >= 11 is 0. The standard InChI is InChI=1S/C54H85NO19S3.3Na/c1-3-5-7-9-11-13-15-17-19-21-23-25-33-39-46(70-52(57)43-35-29-27-30-36-43)45(55-48(56)40-34-26-24-22-20-18-16-14-12-10-8-6-4-2)41-68-54-51(72-53(58)44-37-31-28-32-38-44)50(74-77(65,66)67)49(73-76(62,63)64)47(71-54)42-69-75(59,60)61;;;/h27-33,35-39,45-47,49-51,54H,3-26,34,40-42H2,1-2H3,(H,55,56)(H,59,60,61)(H,62,63,64)(H,65,66,67);;;/q;3*+1/p-3/b39-33+;;;/t45-,46+,47+,49-,50-,51+,54-;;;/m0.../s1. The van der Waals surface area contributed by atoms with Gasteiger partial charge in [-0.25, -0.2) is 34.8 Å². The van der Waals surface area contributed by atoms with Gasteiger partial charge in [-0.3, -0.25) is 17.3 Å². The minimum atomic E-state index is -5.96. The Hall–Kier alpha value is -0.880. The fourth-order valence-corrected chi connectivity index (χ4v) is 10.2. The molecule has 20 nitrogen and oxygen atoms in total. The molecule has 0 aromatic heterocycles. The van der Waals surface area contributed by atoms with Crippen molar-refractivity contribution in [2.24, 2.45) is 0 Å². The Morgan fingerprint density at radius 2 is 0.988 bits per heavy atom. The van der Waals surface area contributed by atoms with Crippen LogP contribution in [0.15, 0.2) is 72.8 Å². The Kier molecular flexibility index (Phi) is 44.9. The maximum atomic E-state index is 13.9. The molecule has 0 unspecified atom stereocenters. The second-order valence-corrected chi connectivity index (χ2v) is 22.5. The van der Waals surface area contributed by atoms with Crippen LogP contribution in [0.3, 0.4) is 0 Å². The van der Waals surface area contributed by atoms with Gasteiger partial charge in [0.05, 0.1) is 30.4 Å². The molecular formula is C54H82NNa3O19S3. The summed E-state index contributed by atoms with van der Waals surface area (Å²) < 4.78 is 145. The second-order valence-electron chi connectivity index (χ2n) is 19.4. The molecule has 80 heavy (non-hydrogen) atoms. The van der Waals surface area contributed by atoms with Gasteiger partial charge in [0.2, 0.25) is 37.1 Å². The number of hydrogen-bond donors (Lipinski definition) is 1. The third-order valence-corrected chi connectivity index (χ3v) is 14.3. The average Bonchev–Trinajstić information content (AvgIpc) is 3.40. The summed E-state index contributed by atoms with van der Waals surface area (Å²) in [6.07, 6.45) is 16.8. The van der Waals surface area contributed by atoms with Gasteiger partial charge in [-0.1, -0.05) is 198 Å². The number of hydrogen-bond acceptors (Lipinski definition) is 19. The molecule has 2 aromatic rings. The zero-order valence-corrected chi connectivity index (χ0v) is 56.2. The molecular weight excluding hydrogens is 1130 g/mol. The SMILES string of the molecule is CCCCCCCCCCCCC/C=C/[C@@H](OC(=O)c1ccccc1)[C@H](CO[C@H]1O[C@H](COS(=O)(=O)[O-])[C@H](OS(=O)(=O)[O-])[C@H](OS(=O)(=O)[O-])[C@H]1OC(=O)c1ccccc1)NC(=O)CCCCCCCCCCCCCCC.[Na+].[Na+].[Na+]. The molecule has 1 aliphatic heterocycles. The summed E-state index contributed by atoms with van der Waals surface area (Å²) in [5, 5.41) is 2.86. The van der Waals surface area contributed by atoms with Crippen LogP contribution in [-0.2, 0) is 67.5 Å². The summed E-state index contributed by atoms with van der Waals surface area (Å²) in [6.45, 7) is 2.16. The number of nitrogens with one attached hydrogen (secondary N) is 1. The van der Waals surface area contributed by atoms with Gasteiger partial charge in [0, 0.05) is 6.42 Å². The first-order valence-electron chi connectivity index (χ1n) is 27.4. The van der Waals surface area contributed by atoms with Crippen molar-refractivity contribution < 1.29 is 173 Å². The third-order valence-electron chi connectivity index (χ3n) is 12.9. The summed E-state index contributed by atoms with van der Waals surface area (Å²) in [6, 6.07) is 13.6. The first-order valence-corrected chi connectivity index (χ1v) is 31.4. The molecule has 1 heterocycles. The van der Waals surface area contributed by atoms with Crippen LogP contribution in [-0.4, -0.2) is 113 Å². The van der Waals surface area contributed by atoms with E-state index in [1.165, 1.54) is 120 Å². The summed E-state index contributed by atoms with van der Waals surface area (Å²) in [7, 11) is -17.5.